The molecule has 2 aromatic carbocycles. The van der Waals surface area contributed by atoms with Crippen molar-refractivity contribution in [3.8, 4) is 5.75 Å². The molecule has 1 saturated heterocycles. The fourth-order valence-electron chi connectivity index (χ4n) is 2.78. The molecule has 0 saturated carbocycles. The lowest BCUT2D eigenvalue weighted by Crippen LogP contribution is -2.27. The summed E-state index contributed by atoms with van der Waals surface area (Å²) in [6.45, 7) is 0.975. The summed E-state index contributed by atoms with van der Waals surface area (Å²) in [5.41, 5.74) is -0.395. The van der Waals surface area contributed by atoms with E-state index in [9.17, 15) is 23.6 Å². The zero-order valence-corrected chi connectivity index (χ0v) is 15.6. The van der Waals surface area contributed by atoms with Crippen LogP contribution < -0.4 is 5.11 Å². The topological polar surface area (TPSA) is 116 Å². The van der Waals surface area contributed by atoms with Crippen molar-refractivity contribution in [1.82, 2.24) is 4.31 Å². The van der Waals surface area contributed by atoms with E-state index in [4.69, 9.17) is 11.6 Å². The van der Waals surface area contributed by atoms with Crippen LogP contribution in [0.1, 0.15) is 18.4 Å². The molecule has 0 radical (unpaired) electrons. The molecule has 2 aromatic rings. The highest BCUT2D eigenvalue weighted by Gasteiger charge is 2.27. The van der Waals surface area contributed by atoms with E-state index in [-0.39, 0.29) is 15.5 Å². The van der Waals surface area contributed by atoms with Gasteiger partial charge in [-0.3, -0.25) is 15.1 Å². The molecule has 0 spiro atoms. The summed E-state index contributed by atoms with van der Waals surface area (Å²) in [5, 5.41) is 23.0. The minimum Gasteiger partial charge on any atom is -0.867 e. The smallest absolute Gasteiger partial charge is 0.263 e. The zero-order chi connectivity index (χ0) is 19.6. The van der Waals surface area contributed by atoms with Crippen molar-refractivity contribution in [2.75, 3.05) is 13.1 Å². The van der Waals surface area contributed by atoms with Crippen LogP contribution in [0.2, 0.25) is 5.02 Å². The maximum atomic E-state index is 12.6. The van der Waals surface area contributed by atoms with Gasteiger partial charge in [-0.2, -0.15) is 4.31 Å². The van der Waals surface area contributed by atoms with Crippen molar-refractivity contribution in [3.05, 3.63) is 57.1 Å². The number of benzene rings is 2. The molecule has 0 N–H and O–H groups in total. The Morgan fingerprint density at radius 2 is 1.89 bits per heavy atom. The first-order valence-electron chi connectivity index (χ1n) is 8.08. The Morgan fingerprint density at radius 1 is 1.19 bits per heavy atom. The van der Waals surface area contributed by atoms with E-state index in [0.717, 1.165) is 25.1 Å². The van der Waals surface area contributed by atoms with Crippen molar-refractivity contribution in [1.29, 1.82) is 0 Å². The average molecular weight is 409 g/mol. The molecular formula is C17H15ClN3O5S-. The van der Waals surface area contributed by atoms with Crippen LogP contribution in [0.15, 0.2) is 46.3 Å². The van der Waals surface area contributed by atoms with Gasteiger partial charge < -0.3 is 5.11 Å². The molecule has 1 aliphatic heterocycles. The molecule has 3 rings (SSSR count). The van der Waals surface area contributed by atoms with Crippen LogP contribution in [-0.2, 0) is 10.0 Å². The van der Waals surface area contributed by atoms with Gasteiger partial charge in [0.15, 0.2) is 0 Å². The highest BCUT2D eigenvalue weighted by Crippen LogP contribution is 2.30. The van der Waals surface area contributed by atoms with Crippen LogP contribution >= 0.6 is 11.6 Å². The zero-order valence-electron chi connectivity index (χ0n) is 14.0. The Kier molecular flexibility index (Phi) is 5.45. The van der Waals surface area contributed by atoms with Crippen molar-refractivity contribution >= 4 is 39.2 Å². The van der Waals surface area contributed by atoms with Crippen LogP contribution in [0.3, 0.4) is 0 Å². The fourth-order valence-corrected chi connectivity index (χ4v) is 4.56. The lowest BCUT2D eigenvalue weighted by atomic mass is 10.2. The summed E-state index contributed by atoms with van der Waals surface area (Å²) < 4.78 is 26.6. The van der Waals surface area contributed by atoms with Crippen molar-refractivity contribution in [3.63, 3.8) is 0 Å². The molecule has 0 amide bonds. The van der Waals surface area contributed by atoms with Crippen LogP contribution in [0.5, 0.6) is 5.75 Å². The quantitative estimate of drug-likeness (QED) is 0.428. The summed E-state index contributed by atoms with van der Waals surface area (Å²) >= 11 is 5.82. The second-order valence-electron chi connectivity index (χ2n) is 5.97. The fraction of sp³-hybridized carbons (Fsp3) is 0.235. The lowest BCUT2D eigenvalue weighted by Gasteiger charge is -2.15. The van der Waals surface area contributed by atoms with Crippen molar-refractivity contribution in [2.24, 2.45) is 4.99 Å². The van der Waals surface area contributed by atoms with Crippen LogP contribution in [0.4, 0.5) is 11.4 Å². The maximum absolute atomic E-state index is 12.6. The minimum absolute atomic E-state index is 0.0353. The van der Waals surface area contributed by atoms with E-state index in [0.29, 0.717) is 18.8 Å². The Balaban J connectivity index is 1.92. The standard InChI is InChI=1S/C17H16ClN3O5S/c18-13-8-12(17(22)16(9-13)21(23)24)11-19-14-4-3-5-15(10-14)27(25,26)20-6-1-2-7-20/h3-5,8-11,22H,1-2,6-7H2/p-1. The van der Waals surface area contributed by atoms with E-state index in [2.05, 4.69) is 4.99 Å². The van der Waals surface area contributed by atoms with Gasteiger partial charge in [-0.05, 0) is 48.4 Å². The number of nitrogens with zero attached hydrogens (tertiary/aromatic N) is 3. The molecule has 1 aliphatic rings. The lowest BCUT2D eigenvalue weighted by molar-refractivity contribution is -0.398. The van der Waals surface area contributed by atoms with Gasteiger partial charge in [-0.1, -0.05) is 17.7 Å². The van der Waals surface area contributed by atoms with Gasteiger partial charge in [0, 0.05) is 30.4 Å². The van der Waals surface area contributed by atoms with Gasteiger partial charge in [-0.15, -0.1) is 0 Å². The number of rotatable bonds is 5. The Morgan fingerprint density at radius 3 is 2.56 bits per heavy atom. The van der Waals surface area contributed by atoms with E-state index in [1.165, 1.54) is 22.5 Å². The molecule has 0 aromatic heterocycles. The number of hydrogen-bond donors (Lipinski definition) is 0. The van der Waals surface area contributed by atoms with E-state index in [1.807, 2.05) is 0 Å². The third-order valence-electron chi connectivity index (χ3n) is 4.13. The molecule has 0 bridgehead atoms. The maximum Gasteiger partial charge on any atom is 0.263 e. The molecule has 0 aliphatic carbocycles. The number of nitro groups is 1. The van der Waals surface area contributed by atoms with Crippen molar-refractivity contribution < 1.29 is 18.4 Å². The third kappa shape index (κ3) is 4.10. The first-order chi connectivity index (χ1) is 12.8. The predicted molar refractivity (Wildman–Crippen MR) is 99.2 cm³/mol. The number of halogens is 1. The molecular weight excluding hydrogens is 394 g/mol. The van der Waals surface area contributed by atoms with Gasteiger partial charge in [0.25, 0.3) is 5.69 Å². The van der Waals surface area contributed by atoms with Gasteiger partial charge in [-0.25, -0.2) is 8.42 Å². The molecule has 142 valence electrons. The minimum atomic E-state index is -3.59. The number of sulfonamides is 1. The first kappa shape index (κ1) is 19.3. The van der Waals surface area contributed by atoms with Crippen LogP contribution in [0.25, 0.3) is 0 Å². The summed E-state index contributed by atoms with van der Waals surface area (Å²) in [5.74, 6) is -0.811. The molecule has 0 atom stereocenters. The third-order valence-corrected chi connectivity index (χ3v) is 6.25. The van der Waals surface area contributed by atoms with E-state index in [1.54, 1.807) is 12.1 Å². The summed E-state index contributed by atoms with van der Waals surface area (Å²) in [6.07, 6.45) is 2.80. The summed E-state index contributed by atoms with van der Waals surface area (Å²) in [4.78, 5) is 14.3. The second-order valence-corrected chi connectivity index (χ2v) is 8.34. The molecule has 10 heteroatoms. The largest absolute Gasteiger partial charge is 0.867 e. The van der Waals surface area contributed by atoms with E-state index < -0.39 is 26.4 Å². The average Bonchev–Trinajstić information content (AvgIpc) is 3.17. The Bertz CT molecular complexity index is 1020. The summed E-state index contributed by atoms with van der Waals surface area (Å²) in [7, 11) is -3.59. The number of nitro benzene ring substituents is 1. The van der Waals surface area contributed by atoms with E-state index >= 15 is 0 Å². The first-order valence-corrected chi connectivity index (χ1v) is 9.90. The Labute approximate surface area is 160 Å². The molecule has 1 fully saturated rings. The monoisotopic (exact) mass is 408 g/mol. The van der Waals surface area contributed by atoms with Crippen molar-refractivity contribution in [2.45, 2.75) is 17.7 Å². The van der Waals surface area contributed by atoms with Gasteiger partial charge in [0.2, 0.25) is 10.0 Å². The van der Waals surface area contributed by atoms with Crippen LogP contribution in [-0.4, -0.2) is 37.0 Å². The summed E-state index contributed by atoms with van der Waals surface area (Å²) in [6, 6.07) is 8.25. The van der Waals surface area contributed by atoms with Gasteiger partial charge in [0.05, 0.1) is 15.5 Å². The SMILES string of the molecule is O=[N+]([O-])c1cc(Cl)cc(C=Nc2cccc(S(=O)(=O)N3CCCC3)c2)c1[O-]. The molecule has 27 heavy (non-hydrogen) atoms. The normalized spacial score (nSPS) is 15.4. The highest BCUT2D eigenvalue weighted by molar-refractivity contribution is 7.89. The number of aliphatic imine (C=N–C) groups is 1. The molecule has 8 nitrogen and oxygen atoms in total. The van der Waals surface area contributed by atoms with Gasteiger partial charge >= 0.3 is 0 Å². The predicted octanol–water partition coefficient (Wildman–Crippen LogP) is 2.86. The molecule has 0 unspecified atom stereocenters. The number of hydrogen-bond acceptors (Lipinski definition) is 6. The Hall–Kier alpha value is -2.49. The van der Waals surface area contributed by atoms with Gasteiger partial charge in [0.1, 0.15) is 0 Å². The van der Waals surface area contributed by atoms with Crippen LogP contribution in [0, 0.1) is 10.1 Å². The highest BCUT2D eigenvalue weighted by atomic mass is 35.5. The second kappa shape index (κ2) is 7.63. The molecule has 1 heterocycles.